The van der Waals surface area contributed by atoms with Crippen molar-refractivity contribution in [2.24, 2.45) is 0 Å². The van der Waals surface area contributed by atoms with Crippen LogP contribution < -0.4 is 4.74 Å². The maximum absolute atomic E-state index is 12.9. The molecule has 0 saturated heterocycles. The first-order valence-corrected chi connectivity index (χ1v) is 10.0. The summed E-state index contributed by atoms with van der Waals surface area (Å²) in [5.41, 5.74) is 1.72. The summed E-state index contributed by atoms with van der Waals surface area (Å²) in [5.74, 6) is 1.15. The zero-order valence-corrected chi connectivity index (χ0v) is 15.7. The van der Waals surface area contributed by atoms with Gasteiger partial charge in [0.15, 0.2) is 5.82 Å². The van der Waals surface area contributed by atoms with E-state index in [1.54, 1.807) is 24.3 Å². The number of imidazole rings is 1. The molecule has 0 aliphatic heterocycles. The van der Waals surface area contributed by atoms with Gasteiger partial charge in [-0.2, -0.15) is 0 Å². The Morgan fingerprint density at radius 1 is 1.04 bits per heavy atom. The lowest BCUT2D eigenvalue weighted by Gasteiger charge is -2.10. The molecule has 3 rings (SSSR count). The first-order valence-electron chi connectivity index (χ1n) is 8.61. The highest BCUT2D eigenvalue weighted by atomic mass is 32.2. The minimum absolute atomic E-state index is 0.238. The van der Waals surface area contributed by atoms with E-state index in [0.717, 1.165) is 24.2 Å². The van der Waals surface area contributed by atoms with Crippen LogP contribution in [0.25, 0.3) is 11.4 Å². The molecule has 5 nitrogen and oxygen atoms in total. The Balaban J connectivity index is 1.90. The van der Waals surface area contributed by atoms with Gasteiger partial charge < -0.3 is 4.74 Å². The standard InChI is InChI=1S/C20H22N2O3S/c1-3-4-15-25-18-9-7-17(8-10-18)20-21-13-14-22(20)26(23,24)19-11-5-16(2)6-12-19/h5-14H,3-4,15H2,1-2H3. The summed E-state index contributed by atoms with van der Waals surface area (Å²) in [5, 5.41) is 0. The first kappa shape index (κ1) is 18.2. The lowest BCUT2D eigenvalue weighted by Crippen LogP contribution is -2.13. The molecule has 0 fully saturated rings. The third-order valence-corrected chi connectivity index (χ3v) is 5.74. The van der Waals surface area contributed by atoms with Gasteiger partial charge >= 0.3 is 0 Å². The van der Waals surface area contributed by atoms with Gasteiger partial charge in [-0.15, -0.1) is 0 Å². The van der Waals surface area contributed by atoms with E-state index in [4.69, 9.17) is 4.74 Å². The quantitative estimate of drug-likeness (QED) is 0.583. The fourth-order valence-corrected chi connectivity index (χ4v) is 3.85. The normalized spacial score (nSPS) is 11.5. The van der Waals surface area contributed by atoms with Crippen molar-refractivity contribution in [3.8, 4) is 17.1 Å². The average Bonchev–Trinajstić information content (AvgIpc) is 3.13. The Morgan fingerprint density at radius 3 is 2.38 bits per heavy atom. The Hall–Kier alpha value is -2.60. The Bertz CT molecular complexity index is 959. The lowest BCUT2D eigenvalue weighted by atomic mass is 10.2. The van der Waals surface area contributed by atoms with Gasteiger partial charge in [0.25, 0.3) is 10.0 Å². The molecule has 136 valence electrons. The maximum Gasteiger partial charge on any atom is 0.269 e. The molecule has 0 bridgehead atoms. The van der Waals surface area contributed by atoms with Crippen LogP contribution in [0.15, 0.2) is 65.8 Å². The summed E-state index contributed by atoms with van der Waals surface area (Å²) in [6.07, 6.45) is 5.04. The molecule has 6 heteroatoms. The Kier molecular flexibility index (Phi) is 5.42. The van der Waals surface area contributed by atoms with Crippen molar-refractivity contribution in [1.82, 2.24) is 8.96 Å². The molecular weight excluding hydrogens is 348 g/mol. The molecule has 3 aromatic rings. The third kappa shape index (κ3) is 3.80. The van der Waals surface area contributed by atoms with E-state index in [9.17, 15) is 8.42 Å². The largest absolute Gasteiger partial charge is 0.494 e. The predicted molar refractivity (Wildman–Crippen MR) is 102 cm³/mol. The van der Waals surface area contributed by atoms with Gasteiger partial charge in [0, 0.05) is 18.0 Å². The lowest BCUT2D eigenvalue weighted by molar-refractivity contribution is 0.309. The van der Waals surface area contributed by atoms with Gasteiger partial charge in [-0.1, -0.05) is 31.0 Å². The number of aromatic nitrogens is 2. The number of nitrogens with zero attached hydrogens (tertiary/aromatic N) is 2. The number of hydrogen-bond acceptors (Lipinski definition) is 4. The molecule has 0 saturated carbocycles. The van der Waals surface area contributed by atoms with Crippen LogP contribution in [0.4, 0.5) is 0 Å². The number of benzene rings is 2. The number of hydrogen-bond donors (Lipinski definition) is 0. The van der Waals surface area contributed by atoms with Gasteiger partial charge in [0.2, 0.25) is 0 Å². The van der Waals surface area contributed by atoms with Crippen LogP contribution in [0, 0.1) is 6.92 Å². The number of rotatable bonds is 7. The second kappa shape index (κ2) is 7.74. The van der Waals surface area contributed by atoms with Crippen LogP contribution in [0.1, 0.15) is 25.3 Å². The minimum Gasteiger partial charge on any atom is -0.494 e. The smallest absolute Gasteiger partial charge is 0.269 e. The van der Waals surface area contributed by atoms with Crippen LogP contribution in [0.3, 0.4) is 0 Å². The van der Waals surface area contributed by atoms with E-state index >= 15 is 0 Å². The number of ether oxygens (including phenoxy) is 1. The van der Waals surface area contributed by atoms with Crippen molar-refractivity contribution in [1.29, 1.82) is 0 Å². The van der Waals surface area contributed by atoms with Crippen molar-refractivity contribution in [3.63, 3.8) is 0 Å². The van der Waals surface area contributed by atoms with E-state index < -0.39 is 10.0 Å². The highest BCUT2D eigenvalue weighted by Gasteiger charge is 2.21. The van der Waals surface area contributed by atoms with Crippen molar-refractivity contribution in [2.45, 2.75) is 31.6 Å². The second-order valence-corrected chi connectivity index (χ2v) is 7.91. The van der Waals surface area contributed by atoms with Crippen LogP contribution in [0.2, 0.25) is 0 Å². The topological polar surface area (TPSA) is 61.2 Å². The van der Waals surface area contributed by atoms with Crippen LogP contribution in [-0.4, -0.2) is 24.0 Å². The molecule has 0 radical (unpaired) electrons. The molecule has 0 N–H and O–H groups in total. The first-order chi connectivity index (χ1) is 12.5. The second-order valence-electron chi connectivity index (χ2n) is 6.09. The fraction of sp³-hybridized carbons (Fsp3) is 0.250. The minimum atomic E-state index is -3.70. The van der Waals surface area contributed by atoms with E-state index in [1.807, 2.05) is 31.2 Å². The summed E-state index contributed by atoms with van der Waals surface area (Å²) >= 11 is 0. The highest BCUT2D eigenvalue weighted by molar-refractivity contribution is 7.90. The summed E-state index contributed by atoms with van der Waals surface area (Å²) in [6.45, 7) is 4.70. The number of aryl methyl sites for hydroxylation is 1. The van der Waals surface area contributed by atoms with E-state index in [2.05, 4.69) is 11.9 Å². The third-order valence-electron chi connectivity index (χ3n) is 4.06. The van der Waals surface area contributed by atoms with Gasteiger partial charge in [0.1, 0.15) is 5.75 Å². The molecular formula is C20H22N2O3S. The zero-order valence-electron chi connectivity index (χ0n) is 14.9. The molecule has 0 amide bonds. The number of unbranched alkanes of at least 4 members (excludes halogenated alkanes) is 1. The average molecular weight is 370 g/mol. The zero-order chi connectivity index (χ0) is 18.6. The van der Waals surface area contributed by atoms with E-state index in [0.29, 0.717) is 18.0 Å². The maximum atomic E-state index is 12.9. The van der Waals surface area contributed by atoms with Gasteiger partial charge in [0.05, 0.1) is 11.5 Å². The molecule has 1 heterocycles. The van der Waals surface area contributed by atoms with Crippen molar-refractivity contribution in [2.75, 3.05) is 6.61 Å². The van der Waals surface area contributed by atoms with Crippen molar-refractivity contribution in [3.05, 3.63) is 66.5 Å². The molecule has 2 aromatic carbocycles. The summed E-state index contributed by atoms with van der Waals surface area (Å²) in [6, 6.07) is 14.1. The van der Waals surface area contributed by atoms with Crippen LogP contribution >= 0.6 is 0 Å². The molecule has 26 heavy (non-hydrogen) atoms. The molecule has 0 spiro atoms. The SMILES string of the molecule is CCCCOc1ccc(-c2nccn2S(=O)(=O)c2ccc(C)cc2)cc1. The molecule has 1 aromatic heterocycles. The molecule has 0 aliphatic rings. The van der Waals surface area contributed by atoms with Crippen molar-refractivity contribution >= 4 is 10.0 Å². The summed E-state index contributed by atoms with van der Waals surface area (Å²) < 4.78 is 32.7. The van der Waals surface area contributed by atoms with Gasteiger partial charge in [-0.05, 0) is 49.7 Å². The van der Waals surface area contributed by atoms with E-state index in [-0.39, 0.29) is 4.90 Å². The van der Waals surface area contributed by atoms with Crippen LogP contribution in [-0.2, 0) is 10.0 Å². The highest BCUT2D eigenvalue weighted by Crippen LogP contribution is 2.25. The molecule has 0 aliphatic carbocycles. The summed E-state index contributed by atoms with van der Waals surface area (Å²) in [7, 11) is -3.70. The monoisotopic (exact) mass is 370 g/mol. The Morgan fingerprint density at radius 2 is 1.73 bits per heavy atom. The molecule has 0 unspecified atom stereocenters. The molecule has 0 atom stereocenters. The Labute approximate surface area is 154 Å². The van der Waals surface area contributed by atoms with Gasteiger partial charge in [-0.25, -0.2) is 17.4 Å². The fourth-order valence-electron chi connectivity index (χ4n) is 2.55. The van der Waals surface area contributed by atoms with Crippen LogP contribution in [0.5, 0.6) is 5.75 Å². The van der Waals surface area contributed by atoms with Gasteiger partial charge in [-0.3, -0.25) is 0 Å². The van der Waals surface area contributed by atoms with E-state index in [1.165, 1.54) is 16.4 Å². The predicted octanol–water partition coefficient (Wildman–Crippen LogP) is 4.27. The summed E-state index contributed by atoms with van der Waals surface area (Å²) in [4.78, 5) is 4.48. The van der Waals surface area contributed by atoms with Crippen molar-refractivity contribution < 1.29 is 13.2 Å².